The van der Waals surface area contributed by atoms with Gasteiger partial charge in [-0.3, -0.25) is 14.9 Å². The lowest BCUT2D eigenvalue weighted by Gasteiger charge is -2.26. The summed E-state index contributed by atoms with van der Waals surface area (Å²) in [6.45, 7) is 0.530. The van der Waals surface area contributed by atoms with Crippen LogP contribution in [0.25, 0.3) is 6.08 Å². The maximum absolute atomic E-state index is 12.3. The van der Waals surface area contributed by atoms with E-state index in [0.717, 1.165) is 11.3 Å². The molecular formula is C19H16N2O6. The van der Waals surface area contributed by atoms with Crippen LogP contribution in [-0.2, 0) is 4.79 Å². The standard InChI is InChI=1S/C19H16N2O6/c22-19(20-14-7-8-25-16-4-2-1-3-13(14)16)6-5-12-9-17-18(27-11-26-17)10-15(12)21(23)24/h1-6,9-10,14H,7-8,11H2,(H,20,22)/b6-5+/t14-/m0/s1. The van der Waals surface area contributed by atoms with E-state index in [1.807, 2.05) is 24.3 Å². The number of nitro groups is 1. The fourth-order valence-electron chi connectivity index (χ4n) is 3.12. The third kappa shape index (κ3) is 3.41. The quantitative estimate of drug-likeness (QED) is 0.506. The Morgan fingerprint density at radius 1 is 1.15 bits per heavy atom. The number of para-hydroxylation sites is 1. The molecule has 2 aromatic carbocycles. The van der Waals surface area contributed by atoms with Crippen molar-refractivity contribution >= 4 is 17.7 Å². The van der Waals surface area contributed by atoms with E-state index in [1.54, 1.807) is 0 Å². The summed E-state index contributed by atoms with van der Waals surface area (Å²) in [5.74, 6) is 1.15. The van der Waals surface area contributed by atoms with Gasteiger partial charge >= 0.3 is 0 Å². The second-order valence-corrected chi connectivity index (χ2v) is 6.09. The Bertz CT molecular complexity index is 940. The lowest BCUT2D eigenvalue weighted by Crippen LogP contribution is -2.30. The molecule has 0 saturated carbocycles. The highest BCUT2D eigenvalue weighted by atomic mass is 16.7. The Morgan fingerprint density at radius 3 is 2.74 bits per heavy atom. The molecule has 0 radical (unpaired) electrons. The molecule has 27 heavy (non-hydrogen) atoms. The first-order valence-electron chi connectivity index (χ1n) is 8.40. The van der Waals surface area contributed by atoms with Gasteiger partial charge in [0.1, 0.15) is 5.75 Å². The first-order valence-corrected chi connectivity index (χ1v) is 8.40. The van der Waals surface area contributed by atoms with Crippen molar-refractivity contribution in [2.24, 2.45) is 0 Å². The molecular weight excluding hydrogens is 352 g/mol. The Kier molecular flexibility index (Phi) is 4.37. The van der Waals surface area contributed by atoms with Crippen molar-refractivity contribution in [3.05, 3.63) is 63.7 Å². The van der Waals surface area contributed by atoms with Crippen LogP contribution in [-0.4, -0.2) is 24.2 Å². The van der Waals surface area contributed by atoms with Crippen LogP contribution in [0.3, 0.4) is 0 Å². The number of hydrogen-bond donors (Lipinski definition) is 1. The molecule has 0 saturated heterocycles. The molecule has 1 atom stereocenters. The molecule has 138 valence electrons. The number of carbonyl (C=O) groups excluding carboxylic acids is 1. The van der Waals surface area contributed by atoms with Crippen LogP contribution in [0.5, 0.6) is 17.2 Å². The maximum Gasteiger partial charge on any atom is 0.280 e. The fourth-order valence-corrected chi connectivity index (χ4v) is 3.12. The SMILES string of the molecule is O=C(/C=C/c1cc2c(cc1[N+](=O)[O-])OCO2)N[C@H]1CCOc2ccccc21. The van der Waals surface area contributed by atoms with Gasteiger partial charge in [0, 0.05) is 18.1 Å². The normalized spacial score (nSPS) is 17.3. The van der Waals surface area contributed by atoms with Gasteiger partial charge in [0.25, 0.3) is 5.69 Å². The molecule has 2 aromatic rings. The topological polar surface area (TPSA) is 99.9 Å². The van der Waals surface area contributed by atoms with Gasteiger partial charge in [0.15, 0.2) is 11.5 Å². The van der Waals surface area contributed by atoms with E-state index >= 15 is 0 Å². The summed E-state index contributed by atoms with van der Waals surface area (Å²) in [4.78, 5) is 23.1. The highest BCUT2D eigenvalue weighted by Gasteiger charge is 2.23. The highest BCUT2D eigenvalue weighted by molar-refractivity contribution is 5.93. The molecule has 0 bridgehead atoms. The number of carbonyl (C=O) groups is 1. The van der Waals surface area contributed by atoms with Crippen molar-refractivity contribution in [1.82, 2.24) is 5.32 Å². The summed E-state index contributed by atoms with van der Waals surface area (Å²) in [5.41, 5.74) is 1.03. The lowest BCUT2D eigenvalue weighted by molar-refractivity contribution is -0.385. The number of nitro benzene ring substituents is 1. The summed E-state index contributed by atoms with van der Waals surface area (Å²) in [5, 5.41) is 14.2. The van der Waals surface area contributed by atoms with E-state index in [2.05, 4.69) is 5.32 Å². The molecule has 0 aromatic heterocycles. The van der Waals surface area contributed by atoms with Crippen molar-refractivity contribution in [1.29, 1.82) is 0 Å². The molecule has 0 spiro atoms. The van der Waals surface area contributed by atoms with Crippen LogP contribution in [0, 0.1) is 10.1 Å². The third-order valence-corrected chi connectivity index (χ3v) is 4.41. The lowest BCUT2D eigenvalue weighted by atomic mass is 10.0. The number of fused-ring (bicyclic) bond motifs is 2. The number of rotatable bonds is 4. The highest BCUT2D eigenvalue weighted by Crippen LogP contribution is 2.38. The number of amides is 1. The van der Waals surface area contributed by atoms with Crippen LogP contribution in [0.1, 0.15) is 23.6 Å². The molecule has 8 heteroatoms. The van der Waals surface area contributed by atoms with Crippen LogP contribution in [0.4, 0.5) is 5.69 Å². The minimum absolute atomic E-state index is 0.0172. The average Bonchev–Trinajstić information content (AvgIpc) is 3.13. The van der Waals surface area contributed by atoms with E-state index in [-0.39, 0.29) is 30.0 Å². The zero-order valence-electron chi connectivity index (χ0n) is 14.2. The summed E-state index contributed by atoms with van der Waals surface area (Å²) in [6.07, 6.45) is 3.34. The molecule has 2 aliphatic heterocycles. The van der Waals surface area contributed by atoms with Crippen LogP contribution in [0.2, 0.25) is 0 Å². The smallest absolute Gasteiger partial charge is 0.280 e. The molecule has 1 amide bonds. The maximum atomic E-state index is 12.3. The number of nitrogens with zero attached hydrogens (tertiary/aromatic N) is 1. The van der Waals surface area contributed by atoms with Gasteiger partial charge in [0.05, 0.1) is 29.2 Å². The molecule has 0 unspecified atom stereocenters. The molecule has 2 heterocycles. The number of nitrogens with one attached hydrogen (secondary N) is 1. The van der Waals surface area contributed by atoms with Crippen LogP contribution in [0.15, 0.2) is 42.5 Å². The number of ether oxygens (including phenoxy) is 3. The molecule has 2 aliphatic rings. The van der Waals surface area contributed by atoms with Crippen molar-refractivity contribution in [2.45, 2.75) is 12.5 Å². The Labute approximate surface area is 154 Å². The second-order valence-electron chi connectivity index (χ2n) is 6.09. The van der Waals surface area contributed by atoms with Gasteiger partial charge in [-0.2, -0.15) is 0 Å². The first kappa shape index (κ1) is 16.9. The van der Waals surface area contributed by atoms with Gasteiger partial charge < -0.3 is 19.5 Å². The average molecular weight is 368 g/mol. The summed E-state index contributed by atoms with van der Waals surface area (Å²) in [7, 11) is 0. The van der Waals surface area contributed by atoms with E-state index in [4.69, 9.17) is 14.2 Å². The zero-order valence-corrected chi connectivity index (χ0v) is 14.2. The molecule has 0 aliphatic carbocycles. The van der Waals surface area contributed by atoms with Crippen LogP contribution >= 0.6 is 0 Å². The third-order valence-electron chi connectivity index (χ3n) is 4.41. The predicted octanol–water partition coefficient (Wildman–Crippen LogP) is 2.98. The van der Waals surface area contributed by atoms with Gasteiger partial charge in [-0.05, 0) is 18.2 Å². The summed E-state index contributed by atoms with van der Waals surface area (Å²) < 4.78 is 16.0. The summed E-state index contributed by atoms with van der Waals surface area (Å²) >= 11 is 0. The second kappa shape index (κ2) is 6.99. The number of hydrogen-bond acceptors (Lipinski definition) is 6. The summed E-state index contributed by atoms with van der Waals surface area (Å²) in [6, 6.07) is 10.2. The Morgan fingerprint density at radius 2 is 1.93 bits per heavy atom. The van der Waals surface area contributed by atoms with E-state index < -0.39 is 4.92 Å². The van der Waals surface area contributed by atoms with E-state index in [0.29, 0.717) is 24.5 Å². The van der Waals surface area contributed by atoms with Gasteiger partial charge in [-0.15, -0.1) is 0 Å². The predicted molar refractivity (Wildman–Crippen MR) is 95.7 cm³/mol. The molecule has 0 fully saturated rings. The largest absolute Gasteiger partial charge is 0.493 e. The van der Waals surface area contributed by atoms with Gasteiger partial charge in [-0.25, -0.2) is 0 Å². The Hall–Kier alpha value is -3.55. The Balaban J connectivity index is 1.52. The zero-order chi connectivity index (χ0) is 18.8. The van der Waals surface area contributed by atoms with Crippen molar-refractivity contribution in [2.75, 3.05) is 13.4 Å². The molecule has 1 N–H and O–H groups in total. The minimum atomic E-state index is -0.520. The minimum Gasteiger partial charge on any atom is -0.493 e. The monoisotopic (exact) mass is 368 g/mol. The van der Waals surface area contributed by atoms with Crippen LogP contribution < -0.4 is 19.5 Å². The first-order chi connectivity index (χ1) is 13.1. The number of benzene rings is 2. The van der Waals surface area contributed by atoms with Crippen molar-refractivity contribution < 1.29 is 23.9 Å². The van der Waals surface area contributed by atoms with Gasteiger partial charge in [-0.1, -0.05) is 18.2 Å². The molecule has 4 rings (SSSR count). The van der Waals surface area contributed by atoms with Crippen molar-refractivity contribution in [3.63, 3.8) is 0 Å². The van der Waals surface area contributed by atoms with E-state index in [9.17, 15) is 14.9 Å². The fraction of sp³-hybridized carbons (Fsp3) is 0.211. The molecule has 8 nitrogen and oxygen atoms in total. The van der Waals surface area contributed by atoms with Gasteiger partial charge in [0.2, 0.25) is 12.7 Å². The van der Waals surface area contributed by atoms with E-state index in [1.165, 1.54) is 24.3 Å². The van der Waals surface area contributed by atoms with Crippen molar-refractivity contribution in [3.8, 4) is 17.2 Å².